The topological polar surface area (TPSA) is 49.9 Å². The van der Waals surface area contributed by atoms with Crippen molar-refractivity contribution in [2.45, 2.75) is 13.3 Å². The first-order valence-electron chi connectivity index (χ1n) is 7.42. The Bertz CT molecular complexity index is 513. The summed E-state index contributed by atoms with van der Waals surface area (Å²) in [6.07, 6.45) is 0.594. The van der Waals surface area contributed by atoms with Crippen molar-refractivity contribution in [3.8, 4) is 0 Å². The van der Waals surface area contributed by atoms with Crippen molar-refractivity contribution in [2.24, 2.45) is 0 Å². The van der Waals surface area contributed by atoms with Crippen LogP contribution in [0.3, 0.4) is 0 Å². The van der Waals surface area contributed by atoms with Gasteiger partial charge in [0.15, 0.2) is 0 Å². The number of benzene rings is 1. The van der Waals surface area contributed by atoms with Gasteiger partial charge in [0.25, 0.3) is 0 Å². The summed E-state index contributed by atoms with van der Waals surface area (Å²) in [5, 5.41) is 0. The standard InChI is InChI=1S/C16H21FN2O3/c1-13(20)19(7-6-14-2-4-15(17)5-3-14)12-16(21)18-8-10-22-11-9-18/h2-5H,6-12H2,1H3. The summed E-state index contributed by atoms with van der Waals surface area (Å²) >= 11 is 0. The molecule has 6 heteroatoms. The van der Waals surface area contributed by atoms with Crippen molar-refractivity contribution >= 4 is 11.8 Å². The van der Waals surface area contributed by atoms with Crippen LogP contribution in [0.4, 0.5) is 4.39 Å². The molecule has 0 atom stereocenters. The fourth-order valence-electron chi connectivity index (χ4n) is 2.34. The minimum Gasteiger partial charge on any atom is -0.378 e. The van der Waals surface area contributed by atoms with Crippen LogP contribution >= 0.6 is 0 Å². The first kappa shape index (κ1) is 16.4. The normalized spacial score (nSPS) is 14.7. The van der Waals surface area contributed by atoms with Gasteiger partial charge in [-0.3, -0.25) is 9.59 Å². The third-order valence-electron chi connectivity index (χ3n) is 3.72. The van der Waals surface area contributed by atoms with Gasteiger partial charge < -0.3 is 14.5 Å². The number of carbonyl (C=O) groups is 2. The number of halogens is 1. The Morgan fingerprint density at radius 3 is 2.45 bits per heavy atom. The predicted molar refractivity (Wildman–Crippen MR) is 79.8 cm³/mol. The summed E-state index contributed by atoms with van der Waals surface area (Å²) in [4.78, 5) is 27.2. The summed E-state index contributed by atoms with van der Waals surface area (Å²) < 4.78 is 18.1. The maximum Gasteiger partial charge on any atom is 0.242 e. The van der Waals surface area contributed by atoms with E-state index in [-0.39, 0.29) is 24.2 Å². The molecule has 22 heavy (non-hydrogen) atoms. The molecule has 0 saturated carbocycles. The van der Waals surface area contributed by atoms with E-state index in [4.69, 9.17) is 4.74 Å². The van der Waals surface area contributed by atoms with Gasteiger partial charge in [0.05, 0.1) is 19.8 Å². The van der Waals surface area contributed by atoms with E-state index in [1.54, 1.807) is 17.0 Å². The van der Waals surface area contributed by atoms with Crippen LogP contribution < -0.4 is 0 Å². The lowest BCUT2D eigenvalue weighted by atomic mass is 10.1. The van der Waals surface area contributed by atoms with Crippen LogP contribution in [-0.4, -0.2) is 61.0 Å². The number of hydrogen-bond donors (Lipinski definition) is 0. The van der Waals surface area contributed by atoms with Crippen LogP contribution in [0.1, 0.15) is 12.5 Å². The molecule has 1 aliphatic heterocycles. The van der Waals surface area contributed by atoms with E-state index in [1.807, 2.05) is 0 Å². The maximum atomic E-state index is 12.9. The van der Waals surface area contributed by atoms with Gasteiger partial charge in [-0.05, 0) is 24.1 Å². The number of hydrogen-bond acceptors (Lipinski definition) is 3. The van der Waals surface area contributed by atoms with Crippen LogP contribution in [0.15, 0.2) is 24.3 Å². The molecule has 0 spiro atoms. The number of rotatable bonds is 5. The van der Waals surface area contributed by atoms with Crippen molar-refractivity contribution in [3.05, 3.63) is 35.6 Å². The second kappa shape index (κ2) is 7.89. The Hall–Kier alpha value is -1.95. The van der Waals surface area contributed by atoms with E-state index in [0.29, 0.717) is 39.3 Å². The SMILES string of the molecule is CC(=O)N(CCc1ccc(F)cc1)CC(=O)N1CCOCC1. The third-order valence-corrected chi connectivity index (χ3v) is 3.72. The molecular formula is C16H21FN2O3. The molecule has 0 N–H and O–H groups in total. The van der Waals surface area contributed by atoms with Gasteiger partial charge in [0.1, 0.15) is 5.82 Å². The highest BCUT2D eigenvalue weighted by Gasteiger charge is 2.20. The van der Waals surface area contributed by atoms with Crippen molar-refractivity contribution in [1.29, 1.82) is 0 Å². The fraction of sp³-hybridized carbons (Fsp3) is 0.500. The third kappa shape index (κ3) is 4.80. The smallest absolute Gasteiger partial charge is 0.242 e. The maximum absolute atomic E-state index is 12.9. The van der Waals surface area contributed by atoms with Gasteiger partial charge >= 0.3 is 0 Å². The molecule has 5 nitrogen and oxygen atoms in total. The fourth-order valence-corrected chi connectivity index (χ4v) is 2.34. The summed E-state index contributed by atoms with van der Waals surface area (Å²) in [5.41, 5.74) is 0.937. The average molecular weight is 308 g/mol. The first-order chi connectivity index (χ1) is 10.6. The highest BCUT2D eigenvalue weighted by Crippen LogP contribution is 2.06. The summed E-state index contributed by atoms with van der Waals surface area (Å²) in [6, 6.07) is 6.17. The predicted octanol–water partition coefficient (Wildman–Crippen LogP) is 1.08. The Morgan fingerprint density at radius 2 is 1.86 bits per heavy atom. The van der Waals surface area contributed by atoms with Crippen LogP contribution in [0.5, 0.6) is 0 Å². The van der Waals surface area contributed by atoms with Gasteiger partial charge in [0, 0.05) is 26.6 Å². The quantitative estimate of drug-likeness (QED) is 0.818. The molecule has 120 valence electrons. The van der Waals surface area contributed by atoms with Crippen molar-refractivity contribution in [3.63, 3.8) is 0 Å². The van der Waals surface area contributed by atoms with Gasteiger partial charge in [-0.15, -0.1) is 0 Å². The monoisotopic (exact) mass is 308 g/mol. The molecule has 1 heterocycles. The molecule has 0 aliphatic carbocycles. The lowest BCUT2D eigenvalue weighted by Gasteiger charge is -2.29. The Labute approximate surface area is 129 Å². The minimum atomic E-state index is -0.283. The lowest BCUT2D eigenvalue weighted by Crippen LogP contribution is -2.47. The number of ether oxygens (including phenoxy) is 1. The molecule has 2 rings (SSSR count). The highest BCUT2D eigenvalue weighted by molar-refractivity contribution is 5.83. The molecule has 1 aromatic carbocycles. The van der Waals surface area contributed by atoms with Gasteiger partial charge in [0.2, 0.25) is 11.8 Å². The highest BCUT2D eigenvalue weighted by atomic mass is 19.1. The van der Waals surface area contributed by atoms with Gasteiger partial charge in [-0.25, -0.2) is 4.39 Å². The Kier molecular flexibility index (Phi) is 5.89. The molecule has 0 unspecified atom stereocenters. The Balaban J connectivity index is 1.87. The average Bonchev–Trinajstić information content (AvgIpc) is 2.53. The second-order valence-electron chi connectivity index (χ2n) is 5.31. The minimum absolute atomic E-state index is 0.0578. The molecule has 2 amide bonds. The van der Waals surface area contributed by atoms with E-state index >= 15 is 0 Å². The molecular weight excluding hydrogens is 287 g/mol. The molecule has 1 aliphatic rings. The lowest BCUT2D eigenvalue weighted by molar-refractivity contribution is -0.142. The molecule has 0 radical (unpaired) electrons. The van der Waals surface area contributed by atoms with Gasteiger partial charge in [-0.1, -0.05) is 12.1 Å². The van der Waals surface area contributed by atoms with Crippen LogP contribution in [0, 0.1) is 5.82 Å². The zero-order valence-corrected chi connectivity index (χ0v) is 12.8. The molecule has 1 saturated heterocycles. The van der Waals surface area contributed by atoms with Crippen molar-refractivity contribution in [1.82, 2.24) is 9.80 Å². The van der Waals surface area contributed by atoms with E-state index in [9.17, 15) is 14.0 Å². The zero-order chi connectivity index (χ0) is 15.9. The van der Waals surface area contributed by atoms with E-state index < -0.39 is 0 Å². The first-order valence-corrected chi connectivity index (χ1v) is 7.42. The zero-order valence-electron chi connectivity index (χ0n) is 12.8. The van der Waals surface area contributed by atoms with Gasteiger partial charge in [-0.2, -0.15) is 0 Å². The summed E-state index contributed by atoms with van der Waals surface area (Å²) in [6.45, 7) is 4.21. The molecule has 1 aromatic rings. The molecule has 1 fully saturated rings. The molecule has 0 bridgehead atoms. The van der Waals surface area contributed by atoms with E-state index in [0.717, 1.165) is 5.56 Å². The summed E-state index contributed by atoms with van der Waals surface area (Å²) in [5.74, 6) is -0.476. The number of nitrogens with zero attached hydrogens (tertiary/aromatic N) is 2. The van der Waals surface area contributed by atoms with Crippen LogP contribution in [0.25, 0.3) is 0 Å². The number of morpholine rings is 1. The largest absolute Gasteiger partial charge is 0.378 e. The van der Waals surface area contributed by atoms with Crippen molar-refractivity contribution < 1.29 is 18.7 Å². The molecule has 0 aromatic heterocycles. The number of amides is 2. The van der Waals surface area contributed by atoms with E-state index in [1.165, 1.54) is 24.0 Å². The van der Waals surface area contributed by atoms with Crippen molar-refractivity contribution in [2.75, 3.05) is 39.4 Å². The summed E-state index contributed by atoms with van der Waals surface area (Å²) in [7, 11) is 0. The number of carbonyl (C=O) groups excluding carboxylic acids is 2. The second-order valence-corrected chi connectivity index (χ2v) is 5.31. The van der Waals surface area contributed by atoms with Crippen LogP contribution in [0.2, 0.25) is 0 Å². The van der Waals surface area contributed by atoms with E-state index in [2.05, 4.69) is 0 Å². The Morgan fingerprint density at radius 1 is 1.23 bits per heavy atom. The van der Waals surface area contributed by atoms with Crippen LogP contribution in [-0.2, 0) is 20.7 Å².